The summed E-state index contributed by atoms with van der Waals surface area (Å²) >= 11 is 2.94. The van der Waals surface area contributed by atoms with Crippen LogP contribution < -0.4 is 0 Å². The largest absolute Gasteiger partial charge is 0.389 e. The Morgan fingerprint density at radius 3 is 2.50 bits per heavy atom. The maximum absolute atomic E-state index is 11.5. The van der Waals surface area contributed by atoms with Crippen molar-refractivity contribution in [2.75, 3.05) is 5.33 Å². The standard InChI is InChI=1S/C22H29BrO3/c1-16(11-12-19-18(3)10-7-13-22(19,4)5)8-6-9-17(2)14-20(24)26-21(25)15-23/h6,8-9,11-12,14H,7,10,13,15H2,1-5H3/b9-6+,12-11+,16-8+,17-14+. The first-order valence-electron chi connectivity index (χ1n) is 8.88. The van der Waals surface area contributed by atoms with E-state index in [4.69, 9.17) is 0 Å². The van der Waals surface area contributed by atoms with Crippen molar-refractivity contribution in [2.45, 2.75) is 53.9 Å². The zero-order valence-electron chi connectivity index (χ0n) is 16.4. The number of carbonyl (C=O) groups excluding carboxylic acids is 2. The fourth-order valence-corrected chi connectivity index (χ4v) is 3.15. The van der Waals surface area contributed by atoms with Gasteiger partial charge in [-0.15, -0.1) is 0 Å². The van der Waals surface area contributed by atoms with Gasteiger partial charge in [0.1, 0.15) is 5.33 Å². The zero-order valence-corrected chi connectivity index (χ0v) is 18.0. The average molecular weight is 421 g/mol. The molecule has 1 rings (SSSR count). The minimum Gasteiger partial charge on any atom is -0.389 e. The third-order valence-electron chi connectivity index (χ3n) is 4.44. The molecule has 0 spiro atoms. The van der Waals surface area contributed by atoms with Crippen LogP contribution in [0.25, 0.3) is 0 Å². The van der Waals surface area contributed by atoms with Crippen molar-refractivity contribution >= 4 is 27.9 Å². The molecular formula is C22H29BrO3. The van der Waals surface area contributed by atoms with Gasteiger partial charge in [-0.2, -0.15) is 0 Å². The van der Waals surface area contributed by atoms with E-state index in [0.717, 1.165) is 11.1 Å². The van der Waals surface area contributed by atoms with Gasteiger partial charge in [-0.3, -0.25) is 4.79 Å². The second kappa shape index (κ2) is 10.5. The van der Waals surface area contributed by atoms with Gasteiger partial charge in [0.15, 0.2) is 0 Å². The lowest BCUT2D eigenvalue weighted by molar-refractivity contribution is -0.154. The second-order valence-corrected chi connectivity index (χ2v) is 7.91. The molecule has 1 aliphatic carbocycles. The van der Waals surface area contributed by atoms with Crippen molar-refractivity contribution in [2.24, 2.45) is 5.41 Å². The minimum atomic E-state index is -0.654. The first kappa shape index (κ1) is 22.4. The summed E-state index contributed by atoms with van der Waals surface area (Å²) in [4.78, 5) is 22.5. The van der Waals surface area contributed by atoms with E-state index >= 15 is 0 Å². The highest BCUT2D eigenvalue weighted by Gasteiger charge is 2.26. The van der Waals surface area contributed by atoms with Crippen LogP contribution in [0.2, 0.25) is 0 Å². The molecule has 0 atom stereocenters. The second-order valence-electron chi connectivity index (χ2n) is 7.35. The maximum atomic E-state index is 11.5. The smallest absolute Gasteiger partial charge is 0.338 e. The van der Waals surface area contributed by atoms with Crippen LogP contribution >= 0.6 is 15.9 Å². The minimum absolute atomic E-state index is 0.00243. The molecule has 0 radical (unpaired) electrons. The summed E-state index contributed by atoms with van der Waals surface area (Å²) in [5, 5.41) is 0.00243. The lowest BCUT2D eigenvalue weighted by atomic mass is 9.72. The highest BCUT2D eigenvalue weighted by atomic mass is 79.9. The lowest BCUT2D eigenvalue weighted by Gasteiger charge is -2.32. The number of allylic oxidation sites excluding steroid dienone is 9. The van der Waals surface area contributed by atoms with Crippen molar-refractivity contribution in [1.82, 2.24) is 0 Å². The van der Waals surface area contributed by atoms with Gasteiger partial charge in [0, 0.05) is 6.08 Å². The van der Waals surface area contributed by atoms with E-state index in [1.807, 2.05) is 18.2 Å². The Morgan fingerprint density at radius 1 is 1.19 bits per heavy atom. The highest BCUT2D eigenvalue weighted by molar-refractivity contribution is 9.09. The van der Waals surface area contributed by atoms with Crippen LogP contribution in [0.1, 0.15) is 53.9 Å². The molecule has 0 saturated heterocycles. The number of esters is 2. The molecule has 0 aromatic heterocycles. The summed E-state index contributed by atoms with van der Waals surface area (Å²) in [7, 11) is 0. The topological polar surface area (TPSA) is 43.4 Å². The van der Waals surface area contributed by atoms with Gasteiger partial charge in [-0.1, -0.05) is 71.3 Å². The van der Waals surface area contributed by atoms with E-state index in [0.29, 0.717) is 0 Å². The molecule has 0 saturated carbocycles. The van der Waals surface area contributed by atoms with Crippen LogP contribution in [-0.4, -0.2) is 17.3 Å². The number of ether oxygens (including phenoxy) is 1. The summed E-state index contributed by atoms with van der Waals surface area (Å²) in [5.41, 5.74) is 5.01. The lowest BCUT2D eigenvalue weighted by Crippen LogP contribution is -2.19. The van der Waals surface area contributed by atoms with Crippen LogP contribution in [0.5, 0.6) is 0 Å². The molecule has 1 aliphatic rings. The van der Waals surface area contributed by atoms with Gasteiger partial charge in [-0.25, -0.2) is 4.79 Å². The summed E-state index contributed by atoms with van der Waals surface area (Å²) in [6.07, 6.45) is 15.0. The molecule has 0 aliphatic heterocycles. The molecule has 0 N–H and O–H groups in total. The summed E-state index contributed by atoms with van der Waals surface area (Å²) < 4.78 is 4.57. The molecule has 0 aromatic rings. The maximum Gasteiger partial charge on any atom is 0.338 e. The van der Waals surface area contributed by atoms with Crippen molar-refractivity contribution in [3.8, 4) is 0 Å². The SMILES string of the molecule is CC1=C(/C=C/C(C)=C/C=C/C(C)=C/C(=O)OC(=O)CBr)C(C)(C)CCC1. The van der Waals surface area contributed by atoms with E-state index in [1.165, 1.54) is 36.5 Å². The van der Waals surface area contributed by atoms with E-state index < -0.39 is 11.9 Å². The van der Waals surface area contributed by atoms with E-state index in [9.17, 15) is 9.59 Å². The first-order chi connectivity index (χ1) is 12.2. The van der Waals surface area contributed by atoms with Crippen molar-refractivity contribution in [3.63, 3.8) is 0 Å². The molecule has 0 heterocycles. The van der Waals surface area contributed by atoms with Gasteiger partial charge in [-0.05, 0) is 56.6 Å². The van der Waals surface area contributed by atoms with Crippen LogP contribution in [-0.2, 0) is 14.3 Å². The molecule has 0 aromatic carbocycles. The normalized spacial score (nSPS) is 18.7. The molecule has 0 unspecified atom stereocenters. The number of halogens is 1. The van der Waals surface area contributed by atoms with Gasteiger partial charge in [0.2, 0.25) is 0 Å². The third-order valence-corrected chi connectivity index (χ3v) is 4.90. The molecule has 26 heavy (non-hydrogen) atoms. The molecule has 4 heteroatoms. The van der Waals surface area contributed by atoms with Gasteiger partial charge in [0.25, 0.3) is 0 Å². The van der Waals surface area contributed by atoms with Crippen LogP contribution in [0.15, 0.2) is 58.7 Å². The molecule has 0 amide bonds. The number of hydrogen-bond donors (Lipinski definition) is 0. The Hall–Kier alpha value is -1.68. The molecule has 0 fully saturated rings. The third kappa shape index (κ3) is 7.69. The Labute approximate surface area is 165 Å². The fraction of sp³-hybridized carbons (Fsp3) is 0.455. The number of alkyl halides is 1. The van der Waals surface area contributed by atoms with Crippen LogP contribution in [0.3, 0.4) is 0 Å². The Kier molecular flexibility index (Phi) is 9.00. The zero-order chi connectivity index (χ0) is 19.7. The van der Waals surface area contributed by atoms with E-state index in [1.54, 1.807) is 6.92 Å². The predicted octanol–water partition coefficient (Wildman–Crippen LogP) is 5.98. The summed E-state index contributed by atoms with van der Waals surface area (Å²) in [6.45, 7) is 10.7. The monoisotopic (exact) mass is 420 g/mol. The fourth-order valence-electron chi connectivity index (χ4n) is 3.04. The average Bonchev–Trinajstić information content (AvgIpc) is 2.53. The van der Waals surface area contributed by atoms with Crippen molar-refractivity contribution < 1.29 is 14.3 Å². The van der Waals surface area contributed by atoms with Gasteiger partial charge < -0.3 is 4.74 Å². The Bertz CT molecular complexity index is 688. The van der Waals surface area contributed by atoms with Gasteiger partial charge in [0.05, 0.1) is 0 Å². The van der Waals surface area contributed by atoms with Crippen LogP contribution in [0.4, 0.5) is 0 Å². The summed E-state index contributed by atoms with van der Waals surface area (Å²) in [5.74, 6) is -1.25. The molecule has 3 nitrogen and oxygen atoms in total. The Balaban J connectivity index is 2.72. The van der Waals surface area contributed by atoms with Crippen molar-refractivity contribution in [3.05, 3.63) is 58.7 Å². The first-order valence-corrected chi connectivity index (χ1v) is 10.00. The molecule has 0 bridgehead atoms. The number of rotatable bonds is 6. The van der Waals surface area contributed by atoms with E-state index in [-0.39, 0.29) is 10.7 Å². The number of carbonyl (C=O) groups is 2. The predicted molar refractivity (Wildman–Crippen MR) is 111 cm³/mol. The van der Waals surface area contributed by atoms with Crippen molar-refractivity contribution in [1.29, 1.82) is 0 Å². The highest BCUT2D eigenvalue weighted by Crippen LogP contribution is 2.40. The van der Waals surface area contributed by atoms with E-state index in [2.05, 4.69) is 60.5 Å². The molecular weight excluding hydrogens is 392 g/mol. The van der Waals surface area contributed by atoms with Crippen LogP contribution in [0, 0.1) is 5.41 Å². The number of hydrogen-bond acceptors (Lipinski definition) is 3. The summed E-state index contributed by atoms with van der Waals surface area (Å²) in [6, 6.07) is 0. The van der Waals surface area contributed by atoms with Gasteiger partial charge >= 0.3 is 11.9 Å². The Morgan fingerprint density at radius 2 is 1.88 bits per heavy atom. The quantitative estimate of drug-likeness (QED) is 0.174. The molecule has 142 valence electrons.